The van der Waals surface area contributed by atoms with Crippen LogP contribution in [0.4, 0.5) is 0 Å². The average Bonchev–Trinajstić information content (AvgIpc) is 2.65. The van der Waals surface area contributed by atoms with Crippen molar-refractivity contribution in [3.8, 4) is 11.9 Å². The molecule has 0 unspecified atom stereocenters. The third-order valence-electron chi connectivity index (χ3n) is 3.53. The lowest BCUT2D eigenvalue weighted by molar-refractivity contribution is 0.305. The highest BCUT2D eigenvalue weighted by Gasteiger charge is 2.01. The Hall–Kier alpha value is -2.58. The molecule has 5 nitrogen and oxygen atoms in total. The lowest BCUT2D eigenvalue weighted by atomic mass is 10.2. The molecule has 0 bridgehead atoms. The van der Waals surface area contributed by atoms with Crippen LogP contribution in [0.25, 0.3) is 0 Å². The normalized spacial score (nSPS) is 11.0. The molecule has 0 amide bonds. The molecule has 1 heterocycles. The van der Waals surface area contributed by atoms with Gasteiger partial charge in [0.1, 0.15) is 11.6 Å². The molecule has 0 aliphatic heterocycles. The van der Waals surface area contributed by atoms with E-state index in [2.05, 4.69) is 15.3 Å². The first-order chi connectivity index (χ1) is 12.3. The van der Waals surface area contributed by atoms with Gasteiger partial charge in [0.05, 0.1) is 6.61 Å². The molecule has 0 aliphatic rings. The smallest absolute Gasteiger partial charge is 0.182 e. The molecule has 0 fully saturated rings. The predicted octanol–water partition coefficient (Wildman–Crippen LogP) is 4.19. The second-order valence-corrected chi connectivity index (χ2v) is 5.86. The van der Waals surface area contributed by atoms with Gasteiger partial charge in [0.25, 0.3) is 0 Å². The van der Waals surface area contributed by atoms with Crippen LogP contribution in [-0.4, -0.2) is 24.0 Å². The fourth-order valence-corrected chi connectivity index (χ4v) is 2.37. The summed E-state index contributed by atoms with van der Waals surface area (Å²) < 4.78 is 5.66. The lowest BCUT2D eigenvalue weighted by Gasteiger charge is -2.06. The van der Waals surface area contributed by atoms with Crippen LogP contribution in [-0.2, 0) is 0 Å². The van der Waals surface area contributed by atoms with Crippen LogP contribution in [0.3, 0.4) is 0 Å². The number of hydrogen-bond donors (Lipinski definition) is 1. The van der Waals surface area contributed by atoms with E-state index in [-0.39, 0.29) is 0 Å². The molecule has 1 N–H and O–H groups in total. The summed E-state index contributed by atoms with van der Waals surface area (Å²) in [6.45, 7) is 1.38. The zero-order chi connectivity index (χ0) is 17.7. The van der Waals surface area contributed by atoms with E-state index >= 15 is 0 Å². The van der Waals surface area contributed by atoms with E-state index in [9.17, 15) is 0 Å². The number of nitrogens with one attached hydrogen (secondary N) is 1. The summed E-state index contributed by atoms with van der Waals surface area (Å²) in [6, 6.07) is 11.1. The molecular formula is C19H21ClN4O. The summed E-state index contributed by atoms with van der Waals surface area (Å²) in [7, 11) is 0. The minimum absolute atomic E-state index is 0.593. The Morgan fingerprint density at radius 2 is 1.80 bits per heavy atom. The second kappa shape index (κ2) is 11.1. The predicted molar refractivity (Wildman–Crippen MR) is 99.8 cm³/mol. The number of rotatable bonds is 9. The maximum absolute atomic E-state index is 8.83. The molecule has 6 heteroatoms. The highest BCUT2D eigenvalue weighted by Crippen LogP contribution is 2.15. The fraction of sp³-hybridized carbons (Fsp3) is 0.316. The van der Waals surface area contributed by atoms with Crippen LogP contribution in [0.2, 0.25) is 5.02 Å². The number of amidine groups is 1. The quantitative estimate of drug-likeness (QED) is 0.240. The zero-order valence-corrected chi connectivity index (χ0v) is 14.7. The molecule has 2 aromatic rings. The fourth-order valence-electron chi connectivity index (χ4n) is 2.24. The van der Waals surface area contributed by atoms with Crippen LogP contribution in [0.1, 0.15) is 31.2 Å². The molecular weight excluding hydrogens is 336 g/mol. The maximum atomic E-state index is 8.83. The zero-order valence-electron chi connectivity index (χ0n) is 14.0. The number of nitrogens with zero attached hydrogens (tertiary/aromatic N) is 3. The molecule has 25 heavy (non-hydrogen) atoms. The van der Waals surface area contributed by atoms with Crippen LogP contribution in [0.15, 0.2) is 53.8 Å². The average molecular weight is 357 g/mol. The molecule has 0 aliphatic carbocycles. The Morgan fingerprint density at radius 1 is 1.08 bits per heavy atom. The van der Waals surface area contributed by atoms with Crippen molar-refractivity contribution in [2.45, 2.75) is 25.7 Å². The number of nitriles is 1. The summed E-state index contributed by atoms with van der Waals surface area (Å²) in [5, 5.41) is 12.2. The van der Waals surface area contributed by atoms with E-state index < -0.39 is 0 Å². The molecule has 2 rings (SSSR count). The Kier molecular flexibility index (Phi) is 8.30. The van der Waals surface area contributed by atoms with Gasteiger partial charge < -0.3 is 4.74 Å². The Balaban J connectivity index is 1.61. The van der Waals surface area contributed by atoms with E-state index in [1.807, 2.05) is 42.6 Å². The highest BCUT2D eigenvalue weighted by atomic mass is 35.5. The molecule has 0 radical (unpaired) electrons. The molecule has 1 aromatic carbocycles. The van der Waals surface area contributed by atoms with Gasteiger partial charge in [-0.05, 0) is 55.7 Å². The summed E-state index contributed by atoms with van der Waals surface area (Å²) >= 11 is 5.83. The SMILES string of the molecule is N#CNC(=NCCCCCCOc1ccc(Cl)cc1)c1ccncc1. The van der Waals surface area contributed by atoms with Gasteiger partial charge in [-0.15, -0.1) is 0 Å². The van der Waals surface area contributed by atoms with Gasteiger partial charge in [-0.2, -0.15) is 5.26 Å². The summed E-state index contributed by atoms with van der Waals surface area (Å²) in [5.74, 6) is 1.44. The molecule has 1 aromatic heterocycles. The minimum Gasteiger partial charge on any atom is -0.494 e. The van der Waals surface area contributed by atoms with E-state index in [1.54, 1.807) is 12.4 Å². The van der Waals surface area contributed by atoms with Crippen molar-refractivity contribution >= 4 is 17.4 Å². The largest absolute Gasteiger partial charge is 0.494 e. The van der Waals surface area contributed by atoms with Crippen molar-refractivity contribution in [1.82, 2.24) is 10.3 Å². The van der Waals surface area contributed by atoms with Crippen molar-refractivity contribution in [3.63, 3.8) is 0 Å². The van der Waals surface area contributed by atoms with Gasteiger partial charge in [0.2, 0.25) is 0 Å². The van der Waals surface area contributed by atoms with Gasteiger partial charge in [-0.1, -0.05) is 18.0 Å². The van der Waals surface area contributed by atoms with Crippen LogP contribution in [0, 0.1) is 11.5 Å². The van der Waals surface area contributed by atoms with Crippen molar-refractivity contribution in [2.75, 3.05) is 13.2 Å². The summed E-state index contributed by atoms with van der Waals surface area (Å²) in [6.07, 6.45) is 9.43. The Labute approximate surface area is 153 Å². The number of unbranched alkanes of at least 4 members (excludes halogenated alkanes) is 3. The first-order valence-electron chi connectivity index (χ1n) is 8.28. The van der Waals surface area contributed by atoms with Gasteiger partial charge in [-0.25, -0.2) is 0 Å². The monoisotopic (exact) mass is 356 g/mol. The third kappa shape index (κ3) is 7.23. The number of halogens is 1. The number of hydrogen-bond acceptors (Lipinski definition) is 4. The van der Waals surface area contributed by atoms with E-state index in [0.29, 0.717) is 24.0 Å². The second-order valence-electron chi connectivity index (χ2n) is 5.42. The Morgan fingerprint density at radius 3 is 2.52 bits per heavy atom. The van der Waals surface area contributed by atoms with Gasteiger partial charge >= 0.3 is 0 Å². The first-order valence-corrected chi connectivity index (χ1v) is 8.65. The van der Waals surface area contributed by atoms with E-state index in [0.717, 1.165) is 37.0 Å². The maximum Gasteiger partial charge on any atom is 0.182 e. The number of aromatic nitrogens is 1. The third-order valence-corrected chi connectivity index (χ3v) is 3.78. The van der Waals surface area contributed by atoms with Gasteiger partial charge in [0, 0.05) is 29.5 Å². The number of pyridine rings is 1. The number of ether oxygens (including phenoxy) is 1. The lowest BCUT2D eigenvalue weighted by Crippen LogP contribution is -2.19. The molecule has 0 spiro atoms. The molecule has 130 valence electrons. The number of benzene rings is 1. The first kappa shape index (κ1) is 18.8. The van der Waals surface area contributed by atoms with Crippen molar-refractivity contribution in [2.24, 2.45) is 4.99 Å². The van der Waals surface area contributed by atoms with Crippen molar-refractivity contribution in [1.29, 1.82) is 5.26 Å². The topological polar surface area (TPSA) is 70.3 Å². The highest BCUT2D eigenvalue weighted by molar-refractivity contribution is 6.30. The van der Waals surface area contributed by atoms with Crippen LogP contribution >= 0.6 is 11.6 Å². The number of aliphatic imine (C=N–C) groups is 1. The van der Waals surface area contributed by atoms with Crippen molar-refractivity contribution in [3.05, 3.63) is 59.4 Å². The molecule has 0 saturated heterocycles. The van der Waals surface area contributed by atoms with Gasteiger partial charge in [-0.3, -0.25) is 15.3 Å². The summed E-state index contributed by atoms with van der Waals surface area (Å²) in [4.78, 5) is 8.44. The molecule has 0 saturated carbocycles. The van der Waals surface area contributed by atoms with E-state index in [4.69, 9.17) is 21.6 Å². The standard InChI is InChI=1S/C19H21ClN4O/c20-17-5-7-18(8-6-17)25-14-4-2-1-3-11-23-19(24-15-21)16-9-12-22-13-10-16/h5-10,12-13H,1-4,11,14H2,(H,23,24). The van der Waals surface area contributed by atoms with Crippen LogP contribution in [0.5, 0.6) is 5.75 Å². The van der Waals surface area contributed by atoms with Gasteiger partial charge in [0.15, 0.2) is 6.19 Å². The summed E-state index contributed by atoms with van der Waals surface area (Å²) in [5.41, 5.74) is 0.868. The molecule has 0 atom stereocenters. The minimum atomic E-state index is 0.593. The van der Waals surface area contributed by atoms with E-state index in [1.165, 1.54) is 0 Å². The van der Waals surface area contributed by atoms with Crippen molar-refractivity contribution < 1.29 is 4.74 Å². The van der Waals surface area contributed by atoms with Crippen LogP contribution < -0.4 is 10.1 Å². The Bertz CT molecular complexity index is 696.